The molecule has 0 rings (SSSR count). The molecule has 0 aliphatic heterocycles. The number of rotatable bonds is 7. The van der Waals surface area contributed by atoms with Crippen molar-refractivity contribution in [1.29, 1.82) is 0 Å². The minimum absolute atomic E-state index is 0.00470. The smallest absolute Gasteiger partial charge is 0.242 e. The van der Waals surface area contributed by atoms with E-state index in [1.807, 2.05) is 13.8 Å². The highest BCUT2D eigenvalue weighted by Crippen LogP contribution is 2.01. The van der Waals surface area contributed by atoms with Crippen LogP contribution in [0, 0.1) is 12.8 Å². The van der Waals surface area contributed by atoms with Gasteiger partial charge in [0.25, 0.3) is 0 Å². The highest BCUT2D eigenvalue weighted by atomic mass is 16.5. The highest BCUT2D eigenvalue weighted by molar-refractivity contribution is 5.89. The zero-order valence-electron chi connectivity index (χ0n) is 10.1. The molecule has 0 spiro atoms. The van der Waals surface area contributed by atoms with Gasteiger partial charge in [-0.15, -0.1) is 0 Å². The first kappa shape index (κ1) is 14.9. The lowest BCUT2D eigenvalue weighted by Crippen LogP contribution is -2.49. The lowest BCUT2D eigenvalue weighted by atomic mass is 10.0. The van der Waals surface area contributed by atoms with Gasteiger partial charge in [-0.3, -0.25) is 9.59 Å². The van der Waals surface area contributed by atoms with Gasteiger partial charge in [0.2, 0.25) is 11.8 Å². The van der Waals surface area contributed by atoms with E-state index < -0.39 is 11.9 Å². The van der Waals surface area contributed by atoms with E-state index in [0.717, 1.165) is 6.42 Å². The van der Waals surface area contributed by atoms with Gasteiger partial charge in [0.05, 0.1) is 6.92 Å². The van der Waals surface area contributed by atoms with Crippen LogP contribution < -0.4 is 10.6 Å². The summed E-state index contributed by atoms with van der Waals surface area (Å²) in [4.78, 5) is 22.4. The van der Waals surface area contributed by atoms with Crippen LogP contribution in [-0.2, 0) is 14.3 Å². The summed E-state index contributed by atoms with van der Waals surface area (Å²) in [5.74, 6) is -0.912. The molecule has 1 unspecified atom stereocenters. The maximum atomic E-state index is 11.7. The summed E-state index contributed by atoms with van der Waals surface area (Å²) < 4.78 is 4.86. The van der Waals surface area contributed by atoms with Crippen molar-refractivity contribution < 1.29 is 14.3 Å². The van der Waals surface area contributed by atoms with Crippen molar-refractivity contribution in [2.75, 3.05) is 20.3 Å². The third-order valence-corrected chi connectivity index (χ3v) is 2.07. The molecule has 0 fully saturated rings. The molecule has 0 saturated heterocycles. The minimum atomic E-state index is -0.689. The van der Waals surface area contributed by atoms with Gasteiger partial charge in [0, 0.05) is 20.3 Å². The van der Waals surface area contributed by atoms with E-state index in [0.29, 0.717) is 13.2 Å². The summed E-state index contributed by atoms with van der Waals surface area (Å²) in [6, 6.07) is -0.583. The minimum Gasteiger partial charge on any atom is -0.385 e. The molecule has 0 aromatic heterocycles. The number of methoxy groups -OCH3 is 1. The van der Waals surface area contributed by atoms with Crippen molar-refractivity contribution in [1.82, 2.24) is 10.6 Å². The van der Waals surface area contributed by atoms with Crippen LogP contribution in [0.25, 0.3) is 0 Å². The first-order valence-electron chi connectivity index (χ1n) is 5.31. The van der Waals surface area contributed by atoms with Crippen molar-refractivity contribution in [3.63, 3.8) is 0 Å². The van der Waals surface area contributed by atoms with E-state index in [1.54, 1.807) is 7.11 Å². The molecule has 5 nitrogen and oxygen atoms in total. The molecule has 92 valence electrons. The SMILES string of the molecule is [CH]C(=O)NC(C(=O)NCCCOC)C(C)C. The zero-order chi connectivity index (χ0) is 12.6. The molecule has 2 radical (unpaired) electrons. The fourth-order valence-electron chi connectivity index (χ4n) is 1.23. The Balaban J connectivity index is 4.02. The molecule has 16 heavy (non-hydrogen) atoms. The Labute approximate surface area is 96.9 Å². The van der Waals surface area contributed by atoms with E-state index in [1.165, 1.54) is 0 Å². The van der Waals surface area contributed by atoms with Crippen molar-refractivity contribution >= 4 is 11.8 Å². The van der Waals surface area contributed by atoms with Crippen LogP contribution in [0.3, 0.4) is 0 Å². The number of carbonyl (C=O) groups is 2. The molecule has 5 heteroatoms. The second kappa shape index (κ2) is 8.10. The van der Waals surface area contributed by atoms with Crippen LogP contribution >= 0.6 is 0 Å². The predicted octanol–water partition coefficient (Wildman–Crippen LogP) is -0.00901. The van der Waals surface area contributed by atoms with E-state index in [2.05, 4.69) is 10.6 Å². The first-order chi connectivity index (χ1) is 7.49. The Morgan fingerprint density at radius 3 is 2.44 bits per heavy atom. The van der Waals surface area contributed by atoms with Gasteiger partial charge in [0.1, 0.15) is 6.04 Å². The van der Waals surface area contributed by atoms with Crippen LogP contribution in [-0.4, -0.2) is 38.1 Å². The molecule has 0 aromatic rings. The van der Waals surface area contributed by atoms with Gasteiger partial charge in [-0.1, -0.05) is 13.8 Å². The number of nitrogens with one attached hydrogen (secondary N) is 2. The molecular formula is C11H20N2O3. The van der Waals surface area contributed by atoms with Crippen LogP contribution in [0.1, 0.15) is 20.3 Å². The molecular weight excluding hydrogens is 208 g/mol. The summed E-state index contributed by atoms with van der Waals surface area (Å²) in [5.41, 5.74) is 0. The molecule has 2 N–H and O–H groups in total. The predicted molar refractivity (Wildman–Crippen MR) is 60.6 cm³/mol. The third kappa shape index (κ3) is 6.40. The van der Waals surface area contributed by atoms with Crippen molar-refractivity contribution in [3.05, 3.63) is 6.92 Å². The number of hydrogen-bond acceptors (Lipinski definition) is 3. The summed E-state index contributed by atoms with van der Waals surface area (Å²) in [6.07, 6.45) is 0.740. The molecule has 0 saturated carbocycles. The van der Waals surface area contributed by atoms with Crippen LogP contribution in [0.2, 0.25) is 0 Å². The largest absolute Gasteiger partial charge is 0.385 e. The lowest BCUT2D eigenvalue weighted by molar-refractivity contribution is -0.128. The monoisotopic (exact) mass is 228 g/mol. The van der Waals surface area contributed by atoms with Gasteiger partial charge in [-0.05, 0) is 12.3 Å². The first-order valence-corrected chi connectivity index (χ1v) is 5.31. The fraction of sp³-hybridized carbons (Fsp3) is 0.727. The molecule has 0 aliphatic rings. The van der Waals surface area contributed by atoms with Crippen LogP contribution in [0.4, 0.5) is 0 Å². The van der Waals surface area contributed by atoms with Crippen LogP contribution in [0.5, 0.6) is 0 Å². The summed E-state index contributed by atoms with van der Waals surface area (Å²) in [6.45, 7) is 9.80. The van der Waals surface area contributed by atoms with E-state index in [9.17, 15) is 9.59 Å². The second-order valence-corrected chi connectivity index (χ2v) is 3.87. The average molecular weight is 228 g/mol. The average Bonchev–Trinajstić information content (AvgIpc) is 2.20. The third-order valence-electron chi connectivity index (χ3n) is 2.07. The Hall–Kier alpha value is -1.10. The number of amides is 2. The molecule has 2 amide bonds. The van der Waals surface area contributed by atoms with Crippen molar-refractivity contribution in [2.24, 2.45) is 5.92 Å². The summed E-state index contributed by atoms with van der Waals surface area (Å²) in [7, 11) is 1.60. The fourth-order valence-corrected chi connectivity index (χ4v) is 1.23. The maximum absolute atomic E-state index is 11.7. The normalized spacial score (nSPS) is 12.3. The second-order valence-electron chi connectivity index (χ2n) is 3.87. The Kier molecular flexibility index (Phi) is 7.54. The Morgan fingerprint density at radius 2 is 2.00 bits per heavy atom. The molecule has 0 aliphatic carbocycles. The Bertz CT molecular complexity index is 229. The molecule has 0 bridgehead atoms. The van der Waals surface area contributed by atoms with Gasteiger partial charge in [-0.2, -0.15) is 0 Å². The lowest BCUT2D eigenvalue weighted by Gasteiger charge is -2.20. The van der Waals surface area contributed by atoms with Gasteiger partial charge < -0.3 is 15.4 Å². The van der Waals surface area contributed by atoms with Gasteiger partial charge >= 0.3 is 0 Å². The molecule has 1 atom stereocenters. The standard InChI is InChI=1S/C11H20N2O3/c1-8(2)10(13-9(3)14)11(15)12-6-5-7-16-4/h3,8,10H,5-7H2,1-2,4H3,(H,12,15)(H,13,14). The summed E-state index contributed by atoms with van der Waals surface area (Å²) >= 11 is 0. The quantitative estimate of drug-likeness (QED) is 0.602. The van der Waals surface area contributed by atoms with Crippen molar-refractivity contribution in [2.45, 2.75) is 26.3 Å². The van der Waals surface area contributed by atoms with E-state index in [4.69, 9.17) is 11.7 Å². The van der Waals surface area contributed by atoms with E-state index >= 15 is 0 Å². The van der Waals surface area contributed by atoms with Gasteiger partial charge in [0.15, 0.2) is 0 Å². The molecule has 0 heterocycles. The van der Waals surface area contributed by atoms with E-state index in [-0.39, 0.29) is 11.8 Å². The van der Waals surface area contributed by atoms with Crippen molar-refractivity contribution in [3.8, 4) is 0 Å². The number of carbonyl (C=O) groups excluding carboxylic acids is 2. The zero-order valence-corrected chi connectivity index (χ0v) is 10.1. The van der Waals surface area contributed by atoms with Gasteiger partial charge in [-0.25, -0.2) is 0 Å². The summed E-state index contributed by atoms with van der Waals surface area (Å²) in [5, 5.41) is 5.13. The molecule has 0 aromatic carbocycles. The Morgan fingerprint density at radius 1 is 1.38 bits per heavy atom. The highest BCUT2D eigenvalue weighted by Gasteiger charge is 2.22. The van der Waals surface area contributed by atoms with Crippen LogP contribution in [0.15, 0.2) is 0 Å². The number of hydrogen-bond donors (Lipinski definition) is 2. The topological polar surface area (TPSA) is 67.4 Å². The number of ether oxygens (including phenoxy) is 1. The maximum Gasteiger partial charge on any atom is 0.242 e.